The molecule has 0 aliphatic carbocycles. The Balaban J connectivity index is 0.00000274. The Morgan fingerprint density at radius 1 is 0.647 bits per heavy atom. The molecule has 0 saturated heterocycles. The van der Waals surface area contributed by atoms with Crippen molar-refractivity contribution in [3.8, 4) is 39.6 Å². The van der Waals surface area contributed by atoms with Gasteiger partial charge in [-0.1, -0.05) is 86.6 Å². The maximum absolute atomic E-state index is 4.77. The molecule has 1 radical (unpaired) electrons. The molecule has 5 aromatic rings. The van der Waals surface area contributed by atoms with E-state index in [0.29, 0.717) is 0 Å². The smallest absolute Gasteiger partial charge is 0.160 e. The van der Waals surface area contributed by atoms with Crippen LogP contribution in [0.1, 0.15) is 25.0 Å². The Hall–Kier alpha value is -3.33. The van der Waals surface area contributed by atoms with Crippen molar-refractivity contribution in [1.82, 2.24) is 14.8 Å². The van der Waals surface area contributed by atoms with E-state index in [1.54, 1.807) is 0 Å². The third-order valence-corrected chi connectivity index (χ3v) is 6.05. The third kappa shape index (κ3) is 4.39. The maximum Gasteiger partial charge on any atom is 0.160 e. The summed E-state index contributed by atoms with van der Waals surface area (Å²) in [6.45, 7) is 4.41. The zero-order valence-corrected chi connectivity index (χ0v) is 21.7. The van der Waals surface area contributed by atoms with Crippen molar-refractivity contribution in [1.29, 1.82) is 0 Å². The minimum Gasteiger partial charge on any atom is -0.315 e. The summed E-state index contributed by atoms with van der Waals surface area (Å²) >= 11 is 0. The van der Waals surface area contributed by atoms with E-state index in [1.807, 2.05) is 30.3 Å². The number of hydrogen-bond donors (Lipinski definition) is 0. The number of benzene rings is 4. The predicted octanol–water partition coefficient (Wildman–Crippen LogP) is 7.19. The van der Waals surface area contributed by atoms with E-state index in [1.165, 1.54) is 16.8 Å². The van der Waals surface area contributed by atoms with Crippen LogP contribution in [0.25, 0.3) is 39.6 Å². The summed E-state index contributed by atoms with van der Waals surface area (Å²) in [4.78, 5) is 0. The molecule has 1 aromatic heterocycles. The first-order valence-corrected chi connectivity index (χ1v) is 11.5. The zero-order valence-electron chi connectivity index (χ0n) is 19.3. The van der Waals surface area contributed by atoms with Crippen LogP contribution in [0.4, 0.5) is 0 Å². The monoisotopic (exact) mass is 621 g/mol. The van der Waals surface area contributed by atoms with Crippen LogP contribution in [0.2, 0.25) is 0 Å². The molecule has 0 N–H and O–H groups in total. The van der Waals surface area contributed by atoms with Gasteiger partial charge in [0.1, 0.15) is 0 Å². The van der Waals surface area contributed by atoms with Gasteiger partial charge in [0, 0.05) is 31.4 Å². The van der Waals surface area contributed by atoms with E-state index in [-0.39, 0.29) is 20.1 Å². The molecule has 0 aliphatic heterocycles. The van der Waals surface area contributed by atoms with Crippen LogP contribution in [-0.4, -0.2) is 14.8 Å². The van der Waals surface area contributed by atoms with Gasteiger partial charge in [-0.2, -0.15) is 5.10 Å². The standard InChI is InChI=1S/C30H26N3.Ir/c1-3-22-18-13-19-23(4-2)28(22)33-29(25-16-9-6-10-17-25)31-32-30(33)27-21-12-11-20-26(27)24-14-7-5-8-15-24;/h5-16,18-21H,3-4H2,1-2H3;/q-1;. The fourth-order valence-electron chi connectivity index (χ4n) is 4.43. The van der Waals surface area contributed by atoms with E-state index in [9.17, 15) is 0 Å². The number of aromatic nitrogens is 3. The second kappa shape index (κ2) is 10.7. The fraction of sp³-hybridized carbons (Fsp3) is 0.133. The van der Waals surface area contributed by atoms with Crippen LogP contribution in [0.3, 0.4) is 0 Å². The van der Waals surface area contributed by atoms with Crippen LogP contribution in [0.15, 0.2) is 97.1 Å². The van der Waals surface area contributed by atoms with Gasteiger partial charge in [-0.05, 0) is 35.1 Å². The van der Waals surface area contributed by atoms with Gasteiger partial charge >= 0.3 is 0 Å². The van der Waals surface area contributed by atoms with Crippen LogP contribution in [-0.2, 0) is 32.9 Å². The molecule has 0 unspecified atom stereocenters. The molecular formula is C30H26IrN3-. The van der Waals surface area contributed by atoms with Crippen molar-refractivity contribution in [3.63, 3.8) is 0 Å². The Morgan fingerprint density at radius 3 is 1.91 bits per heavy atom. The molecule has 5 rings (SSSR count). The summed E-state index contributed by atoms with van der Waals surface area (Å²) in [5.74, 6) is 1.65. The summed E-state index contributed by atoms with van der Waals surface area (Å²) in [7, 11) is 0. The maximum atomic E-state index is 4.77. The van der Waals surface area contributed by atoms with Crippen molar-refractivity contribution in [3.05, 3.63) is 114 Å². The molecule has 171 valence electrons. The Labute approximate surface area is 214 Å². The topological polar surface area (TPSA) is 30.7 Å². The van der Waals surface area contributed by atoms with Crippen molar-refractivity contribution in [2.75, 3.05) is 0 Å². The van der Waals surface area contributed by atoms with Crippen molar-refractivity contribution in [2.45, 2.75) is 26.7 Å². The molecule has 1 heterocycles. The van der Waals surface area contributed by atoms with Gasteiger partial charge in [-0.3, -0.25) is 0 Å². The van der Waals surface area contributed by atoms with Gasteiger partial charge < -0.3 is 4.57 Å². The Bertz CT molecular complexity index is 1350. The van der Waals surface area contributed by atoms with Crippen molar-refractivity contribution < 1.29 is 20.1 Å². The van der Waals surface area contributed by atoms with Gasteiger partial charge in [0.25, 0.3) is 0 Å². The molecule has 0 saturated carbocycles. The van der Waals surface area contributed by atoms with Crippen LogP contribution in [0.5, 0.6) is 0 Å². The zero-order chi connectivity index (χ0) is 22.6. The van der Waals surface area contributed by atoms with E-state index in [2.05, 4.69) is 91.2 Å². The van der Waals surface area contributed by atoms with E-state index >= 15 is 0 Å². The van der Waals surface area contributed by atoms with Gasteiger partial charge in [0.05, 0.1) is 5.82 Å². The second-order valence-corrected chi connectivity index (χ2v) is 8.00. The molecule has 34 heavy (non-hydrogen) atoms. The molecular weight excluding hydrogens is 595 g/mol. The largest absolute Gasteiger partial charge is 0.315 e. The minimum atomic E-state index is 0. The normalized spacial score (nSPS) is 10.6. The average molecular weight is 621 g/mol. The van der Waals surface area contributed by atoms with Crippen LogP contribution >= 0.6 is 0 Å². The molecule has 4 heteroatoms. The van der Waals surface area contributed by atoms with Crippen molar-refractivity contribution in [2.24, 2.45) is 0 Å². The number of nitrogens with zero attached hydrogens (tertiary/aromatic N) is 3. The summed E-state index contributed by atoms with van der Waals surface area (Å²) in [6, 6.07) is 36.8. The number of aryl methyl sites for hydroxylation is 2. The number of hydrogen-bond acceptors (Lipinski definition) is 2. The van der Waals surface area contributed by atoms with E-state index < -0.39 is 0 Å². The number of para-hydroxylation sites is 1. The van der Waals surface area contributed by atoms with Gasteiger partial charge in [-0.15, -0.1) is 41.0 Å². The summed E-state index contributed by atoms with van der Waals surface area (Å²) in [5.41, 5.74) is 8.04. The van der Waals surface area contributed by atoms with Gasteiger partial charge in [0.2, 0.25) is 0 Å². The first-order chi connectivity index (χ1) is 16.3. The predicted molar refractivity (Wildman–Crippen MR) is 135 cm³/mol. The average Bonchev–Trinajstić information content (AvgIpc) is 3.33. The minimum absolute atomic E-state index is 0. The first-order valence-electron chi connectivity index (χ1n) is 11.5. The fourth-order valence-corrected chi connectivity index (χ4v) is 4.43. The quantitative estimate of drug-likeness (QED) is 0.188. The first kappa shape index (κ1) is 23.8. The SMILES string of the molecule is CCc1cccc(CC)c1-n1c(-c2[c-]cccc2)nnc1-c1ccccc1-c1ccccc1.[Ir]. The molecule has 3 nitrogen and oxygen atoms in total. The van der Waals surface area contributed by atoms with E-state index in [0.717, 1.165) is 46.7 Å². The summed E-state index contributed by atoms with van der Waals surface area (Å²) in [6.07, 6.45) is 1.86. The molecule has 0 bridgehead atoms. The van der Waals surface area contributed by atoms with Gasteiger partial charge in [0.15, 0.2) is 5.82 Å². The van der Waals surface area contributed by atoms with Gasteiger partial charge in [-0.25, -0.2) is 0 Å². The number of rotatable bonds is 6. The van der Waals surface area contributed by atoms with Crippen LogP contribution in [0, 0.1) is 6.07 Å². The van der Waals surface area contributed by atoms with E-state index in [4.69, 9.17) is 10.2 Å². The molecule has 0 atom stereocenters. The summed E-state index contributed by atoms with van der Waals surface area (Å²) in [5, 5.41) is 9.48. The molecule has 0 amide bonds. The summed E-state index contributed by atoms with van der Waals surface area (Å²) < 4.78 is 2.24. The molecule has 0 fully saturated rings. The molecule has 4 aromatic carbocycles. The second-order valence-electron chi connectivity index (χ2n) is 8.00. The van der Waals surface area contributed by atoms with Crippen LogP contribution < -0.4 is 0 Å². The third-order valence-electron chi connectivity index (χ3n) is 6.05. The molecule has 0 spiro atoms. The van der Waals surface area contributed by atoms with Crippen molar-refractivity contribution >= 4 is 0 Å². The Morgan fingerprint density at radius 2 is 1.26 bits per heavy atom. The molecule has 0 aliphatic rings. The Kier molecular flexibility index (Phi) is 7.52.